The first kappa shape index (κ1) is 14.3. The van der Waals surface area contributed by atoms with E-state index in [0.717, 1.165) is 19.3 Å². The Hall–Kier alpha value is -1.10. The van der Waals surface area contributed by atoms with Gasteiger partial charge in [-0.05, 0) is 19.3 Å². The van der Waals surface area contributed by atoms with Crippen LogP contribution in [0.1, 0.15) is 45.4 Å². The second kappa shape index (κ2) is 6.89. The van der Waals surface area contributed by atoms with E-state index in [9.17, 15) is 9.59 Å². The minimum Gasteiger partial charge on any atom is -0.376 e. The van der Waals surface area contributed by atoms with E-state index in [0.29, 0.717) is 25.7 Å². The molecule has 1 aliphatic carbocycles. The Morgan fingerprint density at radius 1 is 1.32 bits per heavy atom. The largest absolute Gasteiger partial charge is 0.376 e. The van der Waals surface area contributed by atoms with Crippen molar-refractivity contribution in [1.29, 1.82) is 0 Å². The van der Waals surface area contributed by atoms with Gasteiger partial charge in [-0.1, -0.05) is 26.2 Å². The number of hydrogen-bond acceptors (Lipinski definition) is 3. The highest BCUT2D eigenvalue weighted by atomic mass is 16.5. The van der Waals surface area contributed by atoms with Crippen LogP contribution in [0.4, 0.5) is 0 Å². The number of hydrogen-bond donors (Lipinski definition) is 1. The highest BCUT2D eigenvalue weighted by Gasteiger charge is 2.31. The number of carbonyl (C=O) groups is 2. The van der Waals surface area contributed by atoms with Gasteiger partial charge in [0.1, 0.15) is 6.04 Å². The molecule has 5 heteroatoms. The van der Waals surface area contributed by atoms with E-state index in [-0.39, 0.29) is 24.4 Å². The van der Waals surface area contributed by atoms with Crippen molar-refractivity contribution >= 4 is 11.8 Å². The maximum Gasteiger partial charge on any atom is 0.245 e. The van der Waals surface area contributed by atoms with Crippen molar-refractivity contribution in [2.45, 2.75) is 57.6 Å². The molecule has 1 N–H and O–H groups in total. The Bertz CT molecular complexity index is 327. The number of nitrogens with one attached hydrogen (secondary N) is 1. The van der Waals surface area contributed by atoms with Gasteiger partial charge in [0.05, 0.1) is 19.3 Å². The Kier molecular flexibility index (Phi) is 5.19. The van der Waals surface area contributed by atoms with Crippen LogP contribution < -0.4 is 5.32 Å². The standard InChI is InChI=1S/C14H24N2O3/c1-2-5-12-14(18)16(10-13(17)15-12)8-9-19-11-6-3-4-7-11/h11-12H,2-10H2,1H3,(H,15,17). The van der Waals surface area contributed by atoms with Crippen LogP contribution in [0.15, 0.2) is 0 Å². The van der Waals surface area contributed by atoms with Gasteiger partial charge < -0.3 is 15.0 Å². The Balaban J connectivity index is 1.77. The van der Waals surface area contributed by atoms with Crippen LogP contribution in [0.3, 0.4) is 0 Å². The van der Waals surface area contributed by atoms with Crippen LogP contribution in [-0.2, 0) is 14.3 Å². The monoisotopic (exact) mass is 268 g/mol. The van der Waals surface area contributed by atoms with Crippen molar-refractivity contribution in [2.24, 2.45) is 0 Å². The summed E-state index contributed by atoms with van der Waals surface area (Å²) < 4.78 is 5.76. The molecule has 19 heavy (non-hydrogen) atoms. The van der Waals surface area contributed by atoms with Gasteiger partial charge in [-0.3, -0.25) is 9.59 Å². The van der Waals surface area contributed by atoms with E-state index in [1.54, 1.807) is 4.90 Å². The van der Waals surface area contributed by atoms with Crippen molar-refractivity contribution in [2.75, 3.05) is 19.7 Å². The Morgan fingerprint density at radius 3 is 2.74 bits per heavy atom. The van der Waals surface area contributed by atoms with Gasteiger partial charge in [-0.2, -0.15) is 0 Å². The molecule has 0 spiro atoms. The highest BCUT2D eigenvalue weighted by molar-refractivity contribution is 5.94. The molecule has 2 aliphatic rings. The third-order valence-corrected chi connectivity index (χ3v) is 3.87. The minimum absolute atomic E-state index is 0.0384. The molecule has 5 nitrogen and oxygen atoms in total. The molecule has 0 radical (unpaired) electrons. The number of rotatable bonds is 6. The lowest BCUT2D eigenvalue weighted by Crippen LogP contribution is -2.58. The minimum atomic E-state index is -0.335. The Morgan fingerprint density at radius 2 is 2.05 bits per heavy atom. The zero-order valence-electron chi connectivity index (χ0n) is 11.7. The van der Waals surface area contributed by atoms with Gasteiger partial charge in [0.25, 0.3) is 0 Å². The maximum atomic E-state index is 12.1. The van der Waals surface area contributed by atoms with E-state index >= 15 is 0 Å². The molecule has 0 aromatic rings. The van der Waals surface area contributed by atoms with E-state index in [2.05, 4.69) is 5.32 Å². The van der Waals surface area contributed by atoms with Crippen LogP contribution in [0.2, 0.25) is 0 Å². The summed E-state index contributed by atoms with van der Waals surface area (Å²) in [5.74, 6) is -0.0182. The first-order valence-electron chi connectivity index (χ1n) is 7.40. The van der Waals surface area contributed by atoms with E-state index in [1.807, 2.05) is 6.92 Å². The summed E-state index contributed by atoms with van der Waals surface area (Å²) >= 11 is 0. The molecule has 1 saturated heterocycles. The summed E-state index contributed by atoms with van der Waals surface area (Å²) in [4.78, 5) is 25.4. The lowest BCUT2D eigenvalue weighted by atomic mass is 10.1. The molecule has 2 rings (SSSR count). The molecule has 2 amide bonds. The summed E-state index contributed by atoms with van der Waals surface area (Å²) in [6.07, 6.45) is 6.72. The third-order valence-electron chi connectivity index (χ3n) is 3.87. The van der Waals surface area contributed by atoms with E-state index in [4.69, 9.17) is 4.74 Å². The quantitative estimate of drug-likeness (QED) is 0.784. The zero-order chi connectivity index (χ0) is 13.7. The van der Waals surface area contributed by atoms with Crippen molar-refractivity contribution in [3.8, 4) is 0 Å². The Labute approximate surface area is 114 Å². The van der Waals surface area contributed by atoms with Gasteiger partial charge in [0.15, 0.2) is 0 Å². The average Bonchev–Trinajstić information content (AvgIpc) is 2.88. The van der Waals surface area contributed by atoms with Crippen molar-refractivity contribution in [1.82, 2.24) is 10.2 Å². The van der Waals surface area contributed by atoms with Gasteiger partial charge in [-0.15, -0.1) is 0 Å². The van der Waals surface area contributed by atoms with E-state index in [1.165, 1.54) is 12.8 Å². The lowest BCUT2D eigenvalue weighted by Gasteiger charge is -2.32. The molecule has 1 aliphatic heterocycles. The number of carbonyl (C=O) groups excluding carboxylic acids is 2. The predicted molar refractivity (Wildman–Crippen MR) is 71.6 cm³/mol. The van der Waals surface area contributed by atoms with Gasteiger partial charge in [0, 0.05) is 6.54 Å². The summed E-state index contributed by atoms with van der Waals surface area (Å²) in [6, 6.07) is -0.335. The average molecular weight is 268 g/mol. The fourth-order valence-electron chi connectivity index (χ4n) is 2.83. The van der Waals surface area contributed by atoms with Gasteiger partial charge >= 0.3 is 0 Å². The number of piperazine rings is 1. The topological polar surface area (TPSA) is 58.6 Å². The number of nitrogens with zero attached hydrogens (tertiary/aromatic N) is 1. The lowest BCUT2D eigenvalue weighted by molar-refractivity contribution is -0.145. The molecule has 0 aromatic heterocycles. The second-order valence-corrected chi connectivity index (χ2v) is 5.45. The van der Waals surface area contributed by atoms with Crippen molar-refractivity contribution in [3.63, 3.8) is 0 Å². The van der Waals surface area contributed by atoms with Gasteiger partial charge in [-0.25, -0.2) is 0 Å². The number of ether oxygens (including phenoxy) is 1. The fraction of sp³-hybridized carbons (Fsp3) is 0.857. The molecule has 108 valence electrons. The maximum absolute atomic E-state index is 12.1. The van der Waals surface area contributed by atoms with Crippen LogP contribution in [-0.4, -0.2) is 48.6 Å². The van der Waals surface area contributed by atoms with Crippen LogP contribution >= 0.6 is 0 Å². The molecule has 2 fully saturated rings. The third kappa shape index (κ3) is 3.93. The van der Waals surface area contributed by atoms with Gasteiger partial charge in [0.2, 0.25) is 11.8 Å². The van der Waals surface area contributed by atoms with E-state index < -0.39 is 0 Å². The smallest absolute Gasteiger partial charge is 0.245 e. The molecule has 1 heterocycles. The summed E-state index contributed by atoms with van der Waals surface area (Å²) in [5, 5.41) is 2.76. The fourth-order valence-corrected chi connectivity index (χ4v) is 2.83. The molecule has 1 atom stereocenters. The second-order valence-electron chi connectivity index (χ2n) is 5.45. The van der Waals surface area contributed by atoms with Crippen LogP contribution in [0.25, 0.3) is 0 Å². The molecular weight excluding hydrogens is 244 g/mol. The van der Waals surface area contributed by atoms with Crippen molar-refractivity contribution in [3.05, 3.63) is 0 Å². The summed E-state index contributed by atoms with van der Waals surface area (Å²) in [5.41, 5.74) is 0. The van der Waals surface area contributed by atoms with Crippen LogP contribution in [0.5, 0.6) is 0 Å². The molecule has 1 unspecified atom stereocenters. The SMILES string of the molecule is CCCC1NC(=O)CN(CCOC2CCCC2)C1=O. The zero-order valence-corrected chi connectivity index (χ0v) is 11.7. The first-order valence-corrected chi connectivity index (χ1v) is 7.40. The predicted octanol–water partition coefficient (Wildman–Crippen LogP) is 1.07. The van der Waals surface area contributed by atoms with Crippen LogP contribution in [0, 0.1) is 0 Å². The summed E-state index contributed by atoms with van der Waals surface area (Å²) in [7, 11) is 0. The molecule has 0 bridgehead atoms. The first-order chi connectivity index (χ1) is 9.20. The molecule has 0 aromatic carbocycles. The highest BCUT2D eigenvalue weighted by Crippen LogP contribution is 2.20. The summed E-state index contributed by atoms with van der Waals surface area (Å²) in [6.45, 7) is 3.26. The normalized spacial score (nSPS) is 24.9. The number of amides is 2. The molecule has 1 saturated carbocycles. The molecular formula is C14H24N2O3. The van der Waals surface area contributed by atoms with Crippen molar-refractivity contribution < 1.29 is 14.3 Å².